The monoisotopic (exact) mass is 260 g/mol. The topological polar surface area (TPSA) is 38.9 Å². The molecule has 0 aliphatic heterocycles. The van der Waals surface area contributed by atoms with Crippen LogP contribution in [0.2, 0.25) is 5.02 Å². The summed E-state index contributed by atoms with van der Waals surface area (Å²) >= 11 is 5.93. The maximum absolute atomic E-state index is 12.6. The first-order chi connectivity index (χ1) is 7.80. The molecule has 1 aromatic heterocycles. The van der Waals surface area contributed by atoms with Gasteiger partial charge in [0.25, 0.3) is 0 Å². The van der Waals surface area contributed by atoms with Gasteiger partial charge in [0.05, 0.1) is 10.5 Å². The molecule has 0 aliphatic carbocycles. The number of hydrogen-bond acceptors (Lipinski definition) is 2. The van der Waals surface area contributed by atoms with Crippen LogP contribution in [0.15, 0.2) is 18.2 Å². The molecule has 0 aliphatic rings. The van der Waals surface area contributed by atoms with E-state index >= 15 is 0 Å². The SMILES string of the molecule is Cc1ccc2c(N)cc(C(F)(F)F)nc2c1Cl. The van der Waals surface area contributed by atoms with Crippen molar-refractivity contribution in [2.24, 2.45) is 0 Å². The number of anilines is 1. The van der Waals surface area contributed by atoms with Gasteiger partial charge in [0.2, 0.25) is 0 Å². The van der Waals surface area contributed by atoms with Gasteiger partial charge >= 0.3 is 6.18 Å². The van der Waals surface area contributed by atoms with Gasteiger partial charge in [0.15, 0.2) is 0 Å². The van der Waals surface area contributed by atoms with E-state index in [0.717, 1.165) is 6.07 Å². The van der Waals surface area contributed by atoms with Crippen molar-refractivity contribution in [2.45, 2.75) is 13.1 Å². The quantitative estimate of drug-likeness (QED) is 0.782. The molecule has 0 radical (unpaired) electrons. The van der Waals surface area contributed by atoms with E-state index in [1.807, 2.05) is 0 Å². The van der Waals surface area contributed by atoms with Crippen LogP contribution in [0.25, 0.3) is 10.9 Å². The maximum Gasteiger partial charge on any atom is 0.433 e. The summed E-state index contributed by atoms with van der Waals surface area (Å²) in [5.41, 5.74) is 5.30. The van der Waals surface area contributed by atoms with Crippen molar-refractivity contribution in [1.82, 2.24) is 4.98 Å². The fourth-order valence-electron chi connectivity index (χ4n) is 1.53. The van der Waals surface area contributed by atoms with Crippen molar-refractivity contribution in [1.29, 1.82) is 0 Å². The molecule has 17 heavy (non-hydrogen) atoms. The molecule has 2 aromatic rings. The first-order valence-corrected chi connectivity index (χ1v) is 5.11. The van der Waals surface area contributed by atoms with Crippen LogP contribution in [-0.2, 0) is 6.18 Å². The standard InChI is InChI=1S/C11H8ClF3N2/c1-5-2-3-6-7(16)4-8(11(13,14)15)17-10(6)9(5)12/h2-4H,1H3,(H2,16,17). The third kappa shape index (κ3) is 2.02. The van der Waals surface area contributed by atoms with Crippen LogP contribution in [0.1, 0.15) is 11.3 Å². The fourth-order valence-corrected chi connectivity index (χ4v) is 1.74. The number of halogens is 4. The fraction of sp³-hybridized carbons (Fsp3) is 0.182. The Hall–Kier alpha value is -1.49. The van der Waals surface area contributed by atoms with E-state index in [4.69, 9.17) is 17.3 Å². The second kappa shape index (κ2) is 3.77. The Kier molecular flexibility index (Phi) is 2.66. The lowest BCUT2D eigenvalue weighted by molar-refractivity contribution is -0.140. The Morgan fingerprint density at radius 3 is 2.53 bits per heavy atom. The summed E-state index contributed by atoms with van der Waals surface area (Å²) < 4.78 is 37.7. The van der Waals surface area contributed by atoms with Gasteiger partial charge in [-0.2, -0.15) is 13.2 Å². The third-order valence-corrected chi connectivity index (χ3v) is 2.91. The Bertz CT molecular complexity index is 593. The summed E-state index contributed by atoms with van der Waals surface area (Å²) in [5.74, 6) is 0. The predicted octanol–water partition coefficient (Wildman–Crippen LogP) is 3.80. The maximum atomic E-state index is 12.6. The minimum Gasteiger partial charge on any atom is -0.398 e. The third-order valence-electron chi connectivity index (χ3n) is 2.44. The number of pyridine rings is 1. The molecular weight excluding hydrogens is 253 g/mol. The Labute approximate surface area is 100 Å². The highest BCUT2D eigenvalue weighted by atomic mass is 35.5. The number of benzene rings is 1. The van der Waals surface area contributed by atoms with E-state index in [0.29, 0.717) is 10.9 Å². The molecule has 0 atom stereocenters. The lowest BCUT2D eigenvalue weighted by Crippen LogP contribution is -2.09. The minimum absolute atomic E-state index is 0.0178. The predicted molar refractivity (Wildman–Crippen MR) is 60.9 cm³/mol. The highest BCUT2D eigenvalue weighted by Crippen LogP contribution is 2.34. The molecule has 0 spiro atoms. The van der Waals surface area contributed by atoms with Crippen molar-refractivity contribution in [3.05, 3.63) is 34.5 Å². The second-order valence-electron chi connectivity index (χ2n) is 3.69. The van der Waals surface area contributed by atoms with E-state index in [2.05, 4.69) is 4.98 Å². The van der Waals surface area contributed by atoms with Crippen molar-refractivity contribution < 1.29 is 13.2 Å². The van der Waals surface area contributed by atoms with Crippen molar-refractivity contribution >= 4 is 28.2 Å². The van der Waals surface area contributed by atoms with Crippen molar-refractivity contribution in [3.63, 3.8) is 0 Å². The molecule has 1 aromatic carbocycles. The molecule has 2 rings (SSSR count). The Balaban J connectivity index is 2.84. The first-order valence-electron chi connectivity index (χ1n) is 4.73. The molecule has 0 bridgehead atoms. The number of alkyl halides is 3. The largest absolute Gasteiger partial charge is 0.433 e. The number of rotatable bonds is 0. The van der Waals surface area contributed by atoms with Crippen LogP contribution in [-0.4, -0.2) is 4.98 Å². The zero-order valence-corrected chi connectivity index (χ0v) is 9.52. The van der Waals surface area contributed by atoms with Gasteiger partial charge in [-0.25, -0.2) is 4.98 Å². The van der Waals surface area contributed by atoms with E-state index in [1.54, 1.807) is 19.1 Å². The molecule has 0 amide bonds. The number of nitrogens with two attached hydrogens (primary N) is 1. The van der Waals surface area contributed by atoms with Gasteiger partial charge in [-0.3, -0.25) is 0 Å². The highest BCUT2D eigenvalue weighted by molar-refractivity contribution is 6.36. The summed E-state index contributed by atoms with van der Waals surface area (Å²) in [7, 11) is 0. The van der Waals surface area contributed by atoms with E-state index < -0.39 is 11.9 Å². The molecule has 0 fully saturated rings. The lowest BCUT2D eigenvalue weighted by Gasteiger charge is -2.11. The number of fused-ring (bicyclic) bond motifs is 1. The average Bonchev–Trinajstić information content (AvgIpc) is 2.22. The van der Waals surface area contributed by atoms with Gasteiger partial charge < -0.3 is 5.73 Å². The van der Waals surface area contributed by atoms with Crippen molar-refractivity contribution in [2.75, 3.05) is 5.73 Å². The van der Waals surface area contributed by atoms with Crippen LogP contribution >= 0.6 is 11.6 Å². The number of nitrogens with zero attached hydrogens (tertiary/aromatic N) is 1. The molecule has 6 heteroatoms. The van der Waals surface area contributed by atoms with E-state index in [1.165, 1.54) is 0 Å². The average molecular weight is 261 g/mol. The molecule has 90 valence electrons. The Morgan fingerprint density at radius 2 is 1.94 bits per heavy atom. The Morgan fingerprint density at radius 1 is 1.29 bits per heavy atom. The number of hydrogen-bond donors (Lipinski definition) is 1. The van der Waals surface area contributed by atoms with Gasteiger partial charge in [-0.05, 0) is 18.6 Å². The van der Waals surface area contributed by atoms with Crippen LogP contribution in [0.3, 0.4) is 0 Å². The smallest absolute Gasteiger partial charge is 0.398 e. The van der Waals surface area contributed by atoms with Crippen LogP contribution in [0.5, 0.6) is 0 Å². The van der Waals surface area contributed by atoms with E-state index in [-0.39, 0.29) is 16.2 Å². The van der Waals surface area contributed by atoms with Gasteiger partial charge in [0.1, 0.15) is 5.69 Å². The molecule has 2 nitrogen and oxygen atoms in total. The van der Waals surface area contributed by atoms with Crippen LogP contribution in [0.4, 0.5) is 18.9 Å². The zero-order valence-electron chi connectivity index (χ0n) is 8.77. The van der Waals surface area contributed by atoms with Gasteiger partial charge in [0, 0.05) is 11.1 Å². The van der Waals surface area contributed by atoms with Gasteiger partial charge in [-0.1, -0.05) is 23.7 Å². The molecule has 1 heterocycles. The number of aryl methyl sites for hydroxylation is 1. The highest BCUT2D eigenvalue weighted by Gasteiger charge is 2.33. The number of nitrogen functional groups attached to an aromatic ring is 1. The summed E-state index contributed by atoms with van der Waals surface area (Å²) in [6.07, 6.45) is -4.53. The molecule has 0 saturated heterocycles. The first kappa shape index (κ1) is 12.0. The minimum atomic E-state index is -4.53. The normalized spacial score (nSPS) is 12.1. The van der Waals surface area contributed by atoms with Crippen LogP contribution in [0, 0.1) is 6.92 Å². The summed E-state index contributed by atoms with van der Waals surface area (Å²) in [6, 6.07) is 4.11. The summed E-state index contributed by atoms with van der Waals surface area (Å²) in [5, 5.41) is 0.619. The van der Waals surface area contributed by atoms with Crippen LogP contribution < -0.4 is 5.73 Å². The lowest BCUT2D eigenvalue weighted by atomic mass is 10.1. The van der Waals surface area contributed by atoms with E-state index in [9.17, 15) is 13.2 Å². The molecule has 0 unspecified atom stereocenters. The molecular formula is C11H8ClF3N2. The summed E-state index contributed by atoms with van der Waals surface area (Å²) in [6.45, 7) is 1.69. The summed E-state index contributed by atoms with van der Waals surface area (Å²) in [4.78, 5) is 3.53. The van der Waals surface area contributed by atoms with Crippen molar-refractivity contribution in [3.8, 4) is 0 Å². The molecule has 0 saturated carbocycles. The second-order valence-corrected chi connectivity index (χ2v) is 4.07. The number of aromatic nitrogens is 1. The molecule has 2 N–H and O–H groups in total. The van der Waals surface area contributed by atoms with Gasteiger partial charge in [-0.15, -0.1) is 0 Å². The zero-order chi connectivity index (χ0) is 12.8.